The van der Waals surface area contributed by atoms with Crippen LogP contribution in [0.5, 0.6) is 0 Å². The van der Waals surface area contributed by atoms with Gasteiger partial charge in [-0.05, 0) is 43.3 Å². The normalized spacial score (nSPS) is 11.8. The van der Waals surface area contributed by atoms with Gasteiger partial charge in [0.1, 0.15) is 6.54 Å². The monoisotopic (exact) mass is 382 g/mol. The Morgan fingerprint density at radius 1 is 1.18 bits per heavy atom. The number of aromatic nitrogens is 2. The number of carbonyl (C=O) groups excluding carboxylic acids is 2. The molecule has 0 saturated carbocycles. The van der Waals surface area contributed by atoms with Crippen molar-refractivity contribution in [2.24, 2.45) is 0 Å². The van der Waals surface area contributed by atoms with Crippen molar-refractivity contribution < 1.29 is 19.4 Å². The molecule has 1 heterocycles. The van der Waals surface area contributed by atoms with Crippen molar-refractivity contribution in [1.82, 2.24) is 9.55 Å². The number of rotatable bonds is 7. The lowest BCUT2D eigenvalue weighted by molar-refractivity contribution is -0.116. The number of esters is 1. The number of nitrogens with zero attached hydrogens (tertiary/aromatic N) is 2. The second-order valence-electron chi connectivity index (χ2n) is 6.36. The van der Waals surface area contributed by atoms with Crippen LogP contribution in [0.4, 0.5) is 11.6 Å². The Balaban J connectivity index is 1.76. The van der Waals surface area contributed by atoms with Gasteiger partial charge in [-0.2, -0.15) is 0 Å². The molecule has 0 saturated heterocycles. The molecule has 0 spiro atoms. The number of para-hydroxylation sites is 2. The fourth-order valence-corrected chi connectivity index (χ4v) is 2.76. The molecule has 3 aromatic rings. The van der Waals surface area contributed by atoms with Crippen LogP contribution in [0.25, 0.3) is 11.0 Å². The smallest absolute Gasteiger partial charge is 0.337 e. The number of aliphatic hydroxyl groups excluding tert-OH is 1. The molecule has 3 N–H and O–H groups in total. The lowest BCUT2D eigenvalue weighted by Gasteiger charge is -2.12. The Kier molecular flexibility index (Phi) is 5.90. The summed E-state index contributed by atoms with van der Waals surface area (Å²) in [6, 6.07) is 14.0. The first kappa shape index (κ1) is 19.4. The number of imidazole rings is 1. The summed E-state index contributed by atoms with van der Waals surface area (Å²) in [6.07, 6.45) is -0.546. The average molecular weight is 382 g/mol. The Morgan fingerprint density at radius 2 is 1.89 bits per heavy atom. The van der Waals surface area contributed by atoms with E-state index in [4.69, 9.17) is 0 Å². The third kappa shape index (κ3) is 4.47. The highest BCUT2D eigenvalue weighted by Crippen LogP contribution is 2.20. The van der Waals surface area contributed by atoms with Gasteiger partial charge in [-0.25, -0.2) is 9.78 Å². The molecular formula is C20H22N4O4. The zero-order chi connectivity index (χ0) is 20.1. The fourth-order valence-electron chi connectivity index (χ4n) is 2.76. The first-order valence-corrected chi connectivity index (χ1v) is 8.83. The lowest BCUT2D eigenvalue weighted by Crippen LogP contribution is -2.22. The van der Waals surface area contributed by atoms with Crippen LogP contribution in [0.2, 0.25) is 0 Å². The third-order valence-corrected chi connectivity index (χ3v) is 4.10. The number of anilines is 2. The van der Waals surface area contributed by atoms with Crippen LogP contribution >= 0.6 is 0 Å². The van der Waals surface area contributed by atoms with E-state index in [2.05, 4.69) is 20.4 Å². The standard InChI is InChI=1S/C20H22N4O4/c1-13(25)11-21-20-23-16-5-3-4-6-17(16)24(20)12-18(26)22-15-9-7-14(8-10-15)19(27)28-2/h3-10,13,25H,11-12H2,1-2H3,(H,21,23)(H,22,26). The van der Waals surface area contributed by atoms with E-state index in [1.54, 1.807) is 35.8 Å². The maximum atomic E-state index is 12.6. The summed E-state index contributed by atoms with van der Waals surface area (Å²) in [4.78, 5) is 28.5. The third-order valence-electron chi connectivity index (χ3n) is 4.10. The van der Waals surface area contributed by atoms with Crippen LogP contribution in [0.1, 0.15) is 17.3 Å². The molecule has 1 unspecified atom stereocenters. The van der Waals surface area contributed by atoms with Crippen molar-refractivity contribution >= 4 is 34.5 Å². The van der Waals surface area contributed by atoms with Gasteiger partial charge >= 0.3 is 5.97 Å². The number of hydrogen-bond acceptors (Lipinski definition) is 6. The fraction of sp³-hybridized carbons (Fsp3) is 0.250. The number of nitrogens with one attached hydrogen (secondary N) is 2. The van der Waals surface area contributed by atoms with Gasteiger partial charge in [0.2, 0.25) is 11.9 Å². The van der Waals surface area contributed by atoms with Crippen molar-refractivity contribution in [2.45, 2.75) is 19.6 Å². The number of aliphatic hydroxyl groups is 1. The van der Waals surface area contributed by atoms with Crippen LogP contribution in [-0.2, 0) is 16.1 Å². The summed E-state index contributed by atoms with van der Waals surface area (Å²) in [5.74, 6) is -0.163. The summed E-state index contributed by atoms with van der Waals surface area (Å²) in [5, 5.41) is 15.4. The zero-order valence-corrected chi connectivity index (χ0v) is 15.7. The van der Waals surface area contributed by atoms with Gasteiger partial charge in [-0.1, -0.05) is 12.1 Å². The topological polar surface area (TPSA) is 105 Å². The minimum absolute atomic E-state index is 0.0431. The van der Waals surface area contributed by atoms with E-state index in [0.29, 0.717) is 23.7 Å². The summed E-state index contributed by atoms with van der Waals surface area (Å²) >= 11 is 0. The predicted octanol–water partition coefficient (Wildman–Crippen LogP) is 2.25. The Bertz CT molecular complexity index is 980. The first-order valence-electron chi connectivity index (χ1n) is 8.83. The van der Waals surface area contributed by atoms with E-state index in [0.717, 1.165) is 11.0 Å². The molecule has 1 atom stereocenters. The van der Waals surface area contributed by atoms with Crippen LogP contribution in [-0.4, -0.2) is 46.3 Å². The van der Waals surface area contributed by atoms with Gasteiger partial charge < -0.3 is 25.0 Å². The van der Waals surface area contributed by atoms with Crippen LogP contribution < -0.4 is 10.6 Å². The largest absolute Gasteiger partial charge is 0.465 e. The number of benzene rings is 2. The van der Waals surface area contributed by atoms with Crippen LogP contribution in [0.15, 0.2) is 48.5 Å². The summed E-state index contributed by atoms with van der Waals surface area (Å²) in [5.41, 5.74) is 2.55. The molecule has 28 heavy (non-hydrogen) atoms. The van der Waals surface area contributed by atoms with Crippen LogP contribution in [0, 0.1) is 0 Å². The quantitative estimate of drug-likeness (QED) is 0.541. The predicted molar refractivity (Wildman–Crippen MR) is 106 cm³/mol. The molecular weight excluding hydrogens is 360 g/mol. The molecule has 1 amide bonds. The van der Waals surface area contributed by atoms with Gasteiger partial charge in [0, 0.05) is 12.2 Å². The SMILES string of the molecule is COC(=O)c1ccc(NC(=O)Cn2c(NCC(C)O)nc3ccccc32)cc1. The highest BCUT2D eigenvalue weighted by Gasteiger charge is 2.14. The second kappa shape index (κ2) is 8.53. The maximum absolute atomic E-state index is 12.6. The van der Waals surface area contributed by atoms with Crippen molar-refractivity contribution in [3.63, 3.8) is 0 Å². The number of methoxy groups -OCH3 is 1. The number of ether oxygens (including phenoxy) is 1. The maximum Gasteiger partial charge on any atom is 0.337 e. The lowest BCUT2D eigenvalue weighted by atomic mass is 10.2. The highest BCUT2D eigenvalue weighted by atomic mass is 16.5. The Morgan fingerprint density at radius 3 is 2.57 bits per heavy atom. The van der Waals surface area contributed by atoms with Gasteiger partial charge in [-0.3, -0.25) is 4.79 Å². The van der Waals surface area contributed by atoms with E-state index in [-0.39, 0.29) is 12.5 Å². The molecule has 1 aromatic heterocycles. The molecule has 0 bridgehead atoms. The highest BCUT2D eigenvalue weighted by molar-refractivity contribution is 5.94. The van der Waals surface area contributed by atoms with Crippen molar-refractivity contribution in [3.8, 4) is 0 Å². The number of fused-ring (bicyclic) bond motifs is 1. The van der Waals surface area contributed by atoms with E-state index in [1.165, 1.54) is 7.11 Å². The molecule has 8 heteroatoms. The molecule has 146 valence electrons. The first-order chi connectivity index (χ1) is 13.5. The second-order valence-corrected chi connectivity index (χ2v) is 6.36. The van der Waals surface area contributed by atoms with Gasteiger partial charge in [0.15, 0.2) is 0 Å². The molecule has 0 aliphatic rings. The Labute approximate surface area is 162 Å². The van der Waals surface area contributed by atoms with E-state index in [1.807, 2.05) is 24.3 Å². The van der Waals surface area contributed by atoms with Crippen molar-refractivity contribution in [1.29, 1.82) is 0 Å². The Hall–Kier alpha value is -3.39. The molecule has 2 aromatic carbocycles. The molecule has 0 fully saturated rings. The minimum atomic E-state index is -0.546. The average Bonchev–Trinajstić information content (AvgIpc) is 3.03. The molecule has 0 aliphatic carbocycles. The van der Waals surface area contributed by atoms with Gasteiger partial charge in [0.25, 0.3) is 0 Å². The van der Waals surface area contributed by atoms with Gasteiger partial charge in [-0.15, -0.1) is 0 Å². The minimum Gasteiger partial charge on any atom is -0.465 e. The molecule has 8 nitrogen and oxygen atoms in total. The van der Waals surface area contributed by atoms with E-state index >= 15 is 0 Å². The summed E-state index contributed by atoms with van der Waals surface area (Å²) in [7, 11) is 1.32. The number of amides is 1. The number of carbonyl (C=O) groups is 2. The summed E-state index contributed by atoms with van der Waals surface area (Å²) < 4.78 is 6.42. The summed E-state index contributed by atoms with van der Waals surface area (Å²) in [6.45, 7) is 2.03. The number of hydrogen-bond donors (Lipinski definition) is 3. The van der Waals surface area contributed by atoms with E-state index in [9.17, 15) is 14.7 Å². The zero-order valence-electron chi connectivity index (χ0n) is 15.7. The molecule has 0 aliphatic heterocycles. The van der Waals surface area contributed by atoms with Crippen molar-refractivity contribution in [2.75, 3.05) is 24.3 Å². The molecule has 3 rings (SSSR count). The van der Waals surface area contributed by atoms with Gasteiger partial charge in [0.05, 0.1) is 29.8 Å². The van der Waals surface area contributed by atoms with E-state index < -0.39 is 12.1 Å². The van der Waals surface area contributed by atoms with Crippen molar-refractivity contribution in [3.05, 3.63) is 54.1 Å². The van der Waals surface area contributed by atoms with Crippen LogP contribution in [0.3, 0.4) is 0 Å². The molecule has 0 radical (unpaired) electrons.